The van der Waals surface area contributed by atoms with Crippen LogP contribution in [0.5, 0.6) is 5.75 Å². The summed E-state index contributed by atoms with van der Waals surface area (Å²) in [6, 6.07) is 4.09. The number of hydrogen-bond acceptors (Lipinski definition) is 4. The Balaban J connectivity index is 1.44. The van der Waals surface area contributed by atoms with Crippen LogP contribution in [0, 0.1) is 13.8 Å². The molecule has 6 heteroatoms. The summed E-state index contributed by atoms with van der Waals surface area (Å²) >= 11 is 0. The zero-order valence-corrected chi connectivity index (χ0v) is 15.0. The number of rotatable bonds is 4. The molecule has 1 atom stereocenters. The van der Waals surface area contributed by atoms with Gasteiger partial charge in [0.1, 0.15) is 24.1 Å². The maximum absolute atomic E-state index is 12.6. The summed E-state index contributed by atoms with van der Waals surface area (Å²) in [6.07, 6.45) is 3.64. The highest BCUT2D eigenvalue weighted by atomic mass is 16.5. The Bertz CT molecular complexity index is 823. The minimum Gasteiger partial charge on any atom is -0.492 e. The van der Waals surface area contributed by atoms with Crippen LogP contribution in [-0.2, 0) is 18.4 Å². The maximum Gasteiger partial charge on any atom is 0.231 e. The number of carbonyl (C=O) groups is 1. The van der Waals surface area contributed by atoms with Gasteiger partial charge >= 0.3 is 0 Å². The van der Waals surface area contributed by atoms with Crippen molar-refractivity contribution >= 4 is 5.91 Å². The Kier molecular flexibility index (Phi) is 3.98. The van der Waals surface area contributed by atoms with E-state index in [0.717, 1.165) is 23.0 Å². The van der Waals surface area contributed by atoms with Gasteiger partial charge in [-0.2, -0.15) is 0 Å². The van der Waals surface area contributed by atoms with E-state index in [-0.39, 0.29) is 11.8 Å². The average Bonchev–Trinajstić information content (AvgIpc) is 3.09. The first-order valence-corrected chi connectivity index (χ1v) is 8.94. The molecule has 0 bridgehead atoms. The van der Waals surface area contributed by atoms with Gasteiger partial charge in [-0.05, 0) is 43.9 Å². The van der Waals surface area contributed by atoms with Crippen molar-refractivity contribution < 1.29 is 9.53 Å². The molecule has 1 aliphatic carbocycles. The third kappa shape index (κ3) is 2.79. The van der Waals surface area contributed by atoms with Gasteiger partial charge in [0.25, 0.3) is 0 Å². The summed E-state index contributed by atoms with van der Waals surface area (Å²) in [4.78, 5) is 12.6. The molecule has 1 fully saturated rings. The van der Waals surface area contributed by atoms with E-state index in [2.05, 4.69) is 35.4 Å². The highest BCUT2D eigenvalue weighted by Gasteiger charge is 2.31. The molecule has 1 aliphatic heterocycles. The van der Waals surface area contributed by atoms with E-state index in [1.807, 2.05) is 17.7 Å². The molecule has 1 N–H and O–H groups in total. The number of amides is 1. The fraction of sp³-hybridized carbons (Fsp3) is 0.526. The molecule has 132 valence electrons. The number of fused-ring (bicyclic) bond motifs is 1. The second-order valence-corrected chi connectivity index (χ2v) is 7.22. The van der Waals surface area contributed by atoms with Crippen LogP contribution in [0.25, 0.3) is 0 Å². The van der Waals surface area contributed by atoms with Crippen molar-refractivity contribution in [1.29, 1.82) is 0 Å². The molecule has 2 heterocycles. The lowest BCUT2D eigenvalue weighted by Crippen LogP contribution is -2.30. The molecule has 6 nitrogen and oxygen atoms in total. The average molecular weight is 340 g/mol. The molecule has 0 spiro atoms. The largest absolute Gasteiger partial charge is 0.492 e. The Labute approximate surface area is 147 Å². The molecule has 2 aliphatic rings. The number of benzene rings is 1. The second-order valence-electron chi connectivity index (χ2n) is 7.22. The predicted octanol–water partition coefficient (Wildman–Crippen LogP) is 2.49. The third-order valence-corrected chi connectivity index (χ3v) is 5.61. The Morgan fingerprint density at radius 1 is 1.28 bits per heavy atom. The number of hydrogen-bond donors (Lipinski definition) is 1. The van der Waals surface area contributed by atoms with Crippen LogP contribution >= 0.6 is 0 Å². The van der Waals surface area contributed by atoms with E-state index >= 15 is 0 Å². The number of carbonyl (C=O) groups excluding carboxylic acids is 1. The minimum atomic E-state index is -0.256. The van der Waals surface area contributed by atoms with Gasteiger partial charge in [0.15, 0.2) is 5.82 Å². The Hall–Kier alpha value is -2.37. The first kappa shape index (κ1) is 16.1. The number of aryl methyl sites for hydroxylation is 2. The van der Waals surface area contributed by atoms with E-state index < -0.39 is 0 Å². The normalized spacial score (nSPS) is 19.2. The van der Waals surface area contributed by atoms with Gasteiger partial charge in [-0.3, -0.25) is 4.79 Å². The lowest BCUT2D eigenvalue weighted by Gasteiger charge is -2.24. The van der Waals surface area contributed by atoms with Crippen molar-refractivity contribution in [3.63, 3.8) is 0 Å². The van der Waals surface area contributed by atoms with E-state index in [0.29, 0.717) is 19.1 Å². The fourth-order valence-electron chi connectivity index (χ4n) is 3.53. The van der Waals surface area contributed by atoms with Crippen LogP contribution in [0.2, 0.25) is 0 Å². The summed E-state index contributed by atoms with van der Waals surface area (Å²) in [5, 5.41) is 11.6. The monoisotopic (exact) mass is 340 g/mol. The highest BCUT2D eigenvalue weighted by Crippen LogP contribution is 2.36. The molecule has 0 radical (unpaired) electrons. The molecular weight excluding hydrogens is 316 g/mol. The summed E-state index contributed by atoms with van der Waals surface area (Å²) in [7, 11) is 1.98. The minimum absolute atomic E-state index is 0.0183. The molecule has 1 aromatic carbocycles. The van der Waals surface area contributed by atoms with Gasteiger partial charge in [-0.1, -0.05) is 12.5 Å². The van der Waals surface area contributed by atoms with Gasteiger partial charge in [0.05, 0.1) is 6.54 Å². The quantitative estimate of drug-likeness (QED) is 0.928. The van der Waals surface area contributed by atoms with E-state index in [1.54, 1.807) is 0 Å². The van der Waals surface area contributed by atoms with Gasteiger partial charge in [-0.15, -0.1) is 10.2 Å². The summed E-state index contributed by atoms with van der Waals surface area (Å²) in [5.74, 6) is 2.92. The van der Waals surface area contributed by atoms with Crippen molar-refractivity contribution in [2.24, 2.45) is 7.05 Å². The lowest BCUT2D eigenvalue weighted by molar-refractivity contribution is -0.122. The topological polar surface area (TPSA) is 69.0 Å². The van der Waals surface area contributed by atoms with Crippen LogP contribution in [0.3, 0.4) is 0 Å². The smallest absolute Gasteiger partial charge is 0.231 e. The van der Waals surface area contributed by atoms with Gasteiger partial charge in [0.2, 0.25) is 5.91 Å². The molecule has 25 heavy (non-hydrogen) atoms. The SMILES string of the molecule is Cc1cc2c(cc1C)C(C(=O)NCc1nnc(C3CCC3)n1C)CO2. The van der Waals surface area contributed by atoms with Crippen LogP contribution in [0.4, 0.5) is 0 Å². The molecule has 4 rings (SSSR count). The second kappa shape index (κ2) is 6.17. The van der Waals surface area contributed by atoms with E-state index in [4.69, 9.17) is 4.74 Å². The van der Waals surface area contributed by atoms with Crippen molar-refractivity contribution in [1.82, 2.24) is 20.1 Å². The number of aromatic nitrogens is 3. The predicted molar refractivity (Wildman–Crippen MR) is 93.6 cm³/mol. The van der Waals surface area contributed by atoms with Crippen molar-refractivity contribution in [3.05, 3.63) is 40.5 Å². The third-order valence-electron chi connectivity index (χ3n) is 5.61. The fourth-order valence-corrected chi connectivity index (χ4v) is 3.53. The summed E-state index contributed by atoms with van der Waals surface area (Å²) in [5.41, 5.74) is 3.34. The van der Waals surface area contributed by atoms with Crippen LogP contribution in [0.15, 0.2) is 12.1 Å². The zero-order valence-electron chi connectivity index (χ0n) is 15.0. The highest BCUT2D eigenvalue weighted by molar-refractivity contribution is 5.85. The molecule has 1 saturated carbocycles. The zero-order chi connectivity index (χ0) is 17.6. The van der Waals surface area contributed by atoms with Crippen LogP contribution < -0.4 is 10.1 Å². The first-order valence-electron chi connectivity index (χ1n) is 8.94. The van der Waals surface area contributed by atoms with Gasteiger partial charge in [0, 0.05) is 18.5 Å². The molecule has 1 amide bonds. The molecule has 1 aromatic heterocycles. The Morgan fingerprint density at radius 3 is 2.76 bits per heavy atom. The number of nitrogens with one attached hydrogen (secondary N) is 1. The standard InChI is InChI=1S/C19H24N4O2/c1-11-7-14-15(10-25-16(14)8-12(11)2)19(24)20-9-17-21-22-18(23(17)3)13-5-4-6-13/h7-8,13,15H,4-6,9-10H2,1-3H3,(H,20,24). The molecule has 1 unspecified atom stereocenters. The van der Waals surface area contributed by atoms with E-state index in [1.165, 1.54) is 30.4 Å². The first-order chi connectivity index (χ1) is 12.0. The summed E-state index contributed by atoms with van der Waals surface area (Å²) < 4.78 is 7.73. The van der Waals surface area contributed by atoms with Crippen molar-refractivity contribution in [3.8, 4) is 5.75 Å². The maximum atomic E-state index is 12.6. The molecular formula is C19H24N4O2. The lowest BCUT2D eigenvalue weighted by atomic mass is 9.85. The number of ether oxygens (including phenoxy) is 1. The van der Waals surface area contributed by atoms with Crippen molar-refractivity contribution in [2.75, 3.05) is 6.61 Å². The summed E-state index contributed by atoms with van der Waals surface area (Å²) in [6.45, 7) is 4.91. The van der Waals surface area contributed by atoms with E-state index in [9.17, 15) is 4.79 Å². The van der Waals surface area contributed by atoms with Gasteiger partial charge < -0.3 is 14.6 Å². The number of nitrogens with zero attached hydrogens (tertiary/aromatic N) is 3. The Morgan fingerprint density at radius 2 is 2.04 bits per heavy atom. The molecule has 0 saturated heterocycles. The molecule has 2 aromatic rings. The van der Waals surface area contributed by atoms with Crippen LogP contribution in [-0.4, -0.2) is 27.3 Å². The van der Waals surface area contributed by atoms with Crippen molar-refractivity contribution in [2.45, 2.75) is 51.5 Å². The van der Waals surface area contributed by atoms with Gasteiger partial charge in [-0.25, -0.2) is 0 Å². The van der Waals surface area contributed by atoms with Crippen LogP contribution in [0.1, 0.15) is 59.4 Å².